The van der Waals surface area contributed by atoms with Crippen LogP contribution in [0, 0.1) is 5.41 Å². The first-order valence-electron chi connectivity index (χ1n) is 4.61. The minimum Gasteiger partial charge on any atom is -0.411 e. The number of hydrogen-bond acceptors (Lipinski definition) is 3. The zero-order chi connectivity index (χ0) is 9.73. The summed E-state index contributed by atoms with van der Waals surface area (Å²) >= 11 is 0. The largest absolute Gasteiger partial charge is 0.411 e. The second-order valence-electron chi connectivity index (χ2n) is 3.80. The van der Waals surface area contributed by atoms with Crippen LogP contribution in [0.3, 0.4) is 0 Å². The molecule has 0 amide bonds. The molecule has 1 aliphatic rings. The summed E-state index contributed by atoms with van der Waals surface area (Å²) in [6, 6.07) is 0. The monoisotopic (exact) mass is 183 g/mol. The Morgan fingerprint density at radius 2 is 2.38 bits per heavy atom. The minimum absolute atomic E-state index is 0.225. The highest BCUT2D eigenvalue weighted by atomic mass is 16.5. The van der Waals surface area contributed by atoms with Gasteiger partial charge in [0.1, 0.15) is 0 Å². The van der Waals surface area contributed by atoms with Gasteiger partial charge in [-0.05, 0) is 24.7 Å². The van der Waals surface area contributed by atoms with Crippen molar-refractivity contribution in [3.8, 4) is 0 Å². The number of nitrogens with zero attached hydrogens (tertiary/aromatic N) is 1. The van der Waals surface area contributed by atoms with Crippen molar-refractivity contribution in [1.29, 1.82) is 0 Å². The van der Waals surface area contributed by atoms with Crippen LogP contribution < -0.4 is 0 Å². The topological polar surface area (TPSA) is 41.8 Å². The van der Waals surface area contributed by atoms with Crippen LogP contribution in [0.1, 0.15) is 26.2 Å². The van der Waals surface area contributed by atoms with Crippen molar-refractivity contribution in [2.24, 2.45) is 10.6 Å². The maximum atomic E-state index is 8.20. The molecule has 3 nitrogen and oxygen atoms in total. The van der Waals surface area contributed by atoms with Gasteiger partial charge in [0.2, 0.25) is 0 Å². The molecule has 0 saturated heterocycles. The van der Waals surface area contributed by atoms with Crippen LogP contribution in [-0.4, -0.2) is 24.1 Å². The zero-order valence-electron chi connectivity index (χ0n) is 8.07. The molecule has 1 rings (SSSR count). The van der Waals surface area contributed by atoms with E-state index in [1.54, 1.807) is 0 Å². The highest BCUT2D eigenvalue weighted by Crippen LogP contribution is 2.50. The highest BCUT2D eigenvalue weighted by Gasteiger charge is 2.44. The van der Waals surface area contributed by atoms with Gasteiger partial charge in [-0.25, -0.2) is 0 Å². The third kappa shape index (κ3) is 2.84. The van der Waals surface area contributed by atoms with E-state index >= 15 is 0 Å². The normalized spacial score (nSPS) is 21.6. The Labute approximate surface area is 79.1 Å². The molecule has 1 N–H and O–H groups in total. The SMILES string of the molecule is C=CCC(OC/C=N\O)C1(C)CC1. The van der Waals surface area contributed by atoms with Crippen LogP contribution in [0.15, 0.2) is 17.8 Å². The Kier molecular flexibility index (Phi) is 3.48. The lowest BCUT2D eigenvalue weighted by molar-refractivity contribution is 0.0335. The average Bonchev–Trinajstić information content (AvgIpc) is 2.84. The fourth-order valence-corrected chi connectivity index (χ4v) is 1.42. The summed E-state index contributed by atoms with van der Waals surface area (Å²) in [6.45, 7) is 6.31. The molecule has 1 unspecified atom stereocenters. The van der Waals surface area contributed by atoms with Gasteiger partial charge >= 0.3 is 0 Å². The van der Waals surface area contributed by atoms with E-state index in [2.05, 4.69) is 18.7 Å². The molecule has 13 heavy (non-hydrogen) atoms. The fraction of sp³-hybridized carbons (Fsp3) is 0.700. The van der Waals surface area contributed by atoms with Gasteiger partial charge < -0.3 is 9.94 Å². The predicted octanol–water partition coefficient (Wildman–Crippen LogP) is 2.21. The van der Waals surface area contributed by atoms with E-state index in [9.17, 15) is 0 Å². The third-order valence-corrected chi connectivity index (χ3v) is 2.65. The molecule has 0 aromatic carbocycles. The van der Waals surface area contributed by atoms with Crippen LogP contribution in [0.4, 0.5) is 0 Å². The Hall–Kier alpha value is -0.830. The van der Waals surface area contributed by atoms with Crippen molar-refractivity contribution in [2.45, 2.75) is 32.3 Å². The Morgan fingerprint density at radius 3 is 2.85 bits per heavy atom. The molecule has 0 heterocycles. The lowest BCUT2D eigenvalue weighted by Crippen LogP contribution is -2.23. The van der Waals surface area contributed by atoms with Crippen LogP contribution >= 0.6 is 0 Å². The van der Waals surface area contributed by atoms with Crippen molar-refractivity contribution in [3.05, 3.63) is 12.7 Å². The maximum Gasteiger partial charge on any atom is 0.0856 e. The quantitative estimate of drug-likeness (QED) is 0.297. The summed E-state index contributed by atoms with van der Waals surface area (Å²) in [5.74, 6) is 0. The number of oxime groups is 1. The Balaban J connectivity index is 2.34. The van der Waals surface area contributed by atoms with Gasteiger partial charge in [0, 0.05) is 0 Å². The summed E-state index contributed by atoms with van der Waals surface area (Å²) in [6.07, 6.45) is 6.79. The highest BCUT2D eigenvalue weighted by molar-refractivity contribution is 5.57. The molecule has 0 radical (unpaired) electrons. The lowest BCUT2D eigenvalue weighted by atomic mass is 9.99. The molecule has 0 bridgehead atoms. The van der Waals surface area contributed by atoms with E-state index in [4.69, 9.17) is 9.94 Å². The van der Waals surface area contributed by atoms with Gasteiger partial charge in [-0.2, -0.15) is 0 Å². The molecule has 3 heteroatoms. The Morgan fingerprint density at radius 1 is 1.69 bits per heavy atom. The molecule has 74 valence electrons. The average molecular weight is 183 g/mol. The Bertz CT molecular complexity index is 197. The molecule has 0 aromatic rings. The van der Waals surface area contributed by atoms with Crippen molar-refractivity contribution < 1.29 is 9.94 Å². The first-order chi connectivity index (χ1) is 6.23. The van der Waals surface area contributed by atoms with Gasteiger partial charge in [-0.1, -0.05) is 18.2 Å². The third-order valence-electron chi connectivity index (χ3n) is 2.65. The number of hydrogen-bond donors (Lipinski definition) is 1. The van der Waals surface area contributed by atoms with Crippen molar-refractivity contribution in [2.75, 3.05) is 6.61 Å². The van der Waals surface area contributed by atoms with E-state index in [1.165, 1.54) is 19.1 Å². The van der Waals surface area contributed by atoms with Gasteiger partial charge in [0.05, 0.1) is 18.9 Å². The molecule has 1 saturated carbocycles. The van der Waals surface area contributed by atoms with Crippen molar-refractivity contribution in [1.82, 2.24) is 0 Å². The van der Waals surface area contributed by atoms with Crippen molar-refractivity contribution >= 4 is 6.21 Å². The van der Waals surface area contributed by atoms with E-state index in [1.807, 2.05) is 6.08 Å². The fourth-order valence-electron chi connectivity index (χ4n) is 1.42. The minimum atomic E-state index is 0.225. The first-order valence-corrected chi connectivity index (χ1v) is 4.61. The van der Waals surface area contributed by atoms with E-state index in [-0.39, 0.29) is 6.10 Å². The molecule has 1 aliphatic carbocycles. The zero-order valence-corrected chi connectivity index (χ0v) is 8.07. The molecular formula is C10H17NO2. The van der Waals surface area contributed by atoms with Gasteiger partial charge in [-0.15, -0.1) is 6.58 Å². The maximum absolute atomic E-state index is 8.20. The summed E-state index contributed by atoms with van der Waals surface area (Å²) in [5.41, 5.74) is 0.331. The van der Waals surface area contributed by atoms with Crippen molar-refractivity contribution in [3.63, 3.8) is 0 Å². The number of ether oxygens (including phenoxy) is 1. The van der Waals surface area contributed by atoms with Crippen LogP contribution in [0.5, 0.6) is 0 Å². The smallest absolute Gasteiger partial charge is 0.0856 e. The standard InChI is InChI=1S/C10H17NO2/c1-3-4-9(10(2)5-6-10)13-8-7-11-12/h3,7,9,12H,1,4-6,8H2,2H3/b11-7-. The van der Waals surface area contributed by atoms with Crippen LogP contribution in [0.25, 0.3) is 0 Å². The van der Waals surface area contributed by atoms with E-state index in [0.717, 1.165) is 6.42 Å². The van der Waals surface area contributed by atoms with Gasteiger partial charge in [0.15, 0.2) is 0 Å². The molecule has 0 spiro atoms. The van der Waals surface area contributed by atoms with Gasteiger partial charge in [-0.3, -0.25) is 0 Å². The van der Waals surface area contributed by atoms with E-state index in [0.29, 0.717) is 12.0 Å². The summed E-state index contributed by atoms with van der Waals surface area (Å²) in [5, 5.41) is 11.1. The summed E-state index contributed by atoms with van der Waals surface area (Å²) < 4.78 is 5.57. The first kappa shape index (κ1) is 10.3. The molecule has 0 aliphatic heterocycles. The number of rotatable bonds is 6. The molecule has 1 atom stereocenters. The van der Waals surface area contributed by atoms with Gasteiger partial charge in [0.25, 0.3) is 0 Å². The van der Waals surface area contributed by atoms with Crippen LogP contribution in [-0.2, 0) is 4.74 Å². The second kappa shape index (κ2) is 4.42. The summed E-state index contributed by atoms with van der Waals surface area (Å²) in [7, 11) is 0. The molecular weight excluding hydrogens is 166 g/mol. The summed E-state index contributed by atoms with van der Waals surface area (Å²) in [4.78, 5) is 0. The van der Waals surface area contributed by atoms with Crippen LogP contribution in [0.2, 0.25) is 0 Å². The van der Waals surface area contributed by atoms with E-state index < -0.39 is 0 Å². The second-order valence-corrected chi connectivity index (χ2v) is 3.80. The molecule has 0 aromatic heterocycles. The lowest BCUT2D eigenvalue weighted by Gasteiger charge is -2.21. The predicted molar refractivity (Wildman–Crippen MR) is 52.2 cm³/mol. The molecule has 1 fully saturated rings.